The summed E-state index contributed by atoms with van der Waals surface area (Å²) in [7, 11) is 1.73. The lowest BCUT2D eigenvalue weighted by Crippen LogP contribution is -2.44. The second-order valence-electron chi connectivity index (χ2n) is 6.65. The normalized spacial score (nSPS) is 13.1. The van der Waals surface area contributed by atoms with Gasteiger partial charge in [0.25, 0.3) is 0 Å². The van der Waals surface area contributed by atoms with Crippen LogP contribution in [0.4, 0.5) is 8.78 Å². The summed E-state index contributed by atoms with van der Waals surface area (Å²) in [5, 5.41) is 15.4. The number of hydrogen-bond donors (Lipinski definition) is 1. The van der Waals surface area contributed by atoms with Gasteiger partial charge in [-0.2, -0.15) is 5.10 Å². The molecule has 3 aromatic rings. The van der Waals surface area contributed by atoms with E-state index < -0.39 is 17.2 Å². The van der Waals surface area contributed by atoms with E-state index in [2.05, 4.69) is 10.1 Å². The van der Waals surface area contributed by atoms with Gasteiger partial charge in [0.2, 0.25) is 0 Å². The molecule has 152 valence electrons. The predicted octanol–water partition coefficient (Wildman–Crippen LogP) is 3.59. The molecule has 2 aromatic carbocycles. The van der Waals surface area contributed by atoms with Crippen LogP contribution in [0, 0.1) is 11.6 Å². The molecule has 1 atom stereocenters. The molecule has 5 nitrogen and oxygen atoms in total. The molecule has 0 radical (unpaired) electrons. The van der Waals surface area contributed by atoms with Crippen LogP contribution in [-0.4, -0.2) is 42.7 Å². The number of halogens is 2. The summed E-state index contributed by atoms with van der Waals surface area (Å²) >= 11 is 6.93. The Morgan fingerprint density at radius 2 is 2.00 bits per heavy atom. The Morgan fingerprint density at radius 3 is 2.66 bits per heavy atom. The first-order valence-corrected chi connectivity index (χ1v) is 10.2. The minimum absolute atomic E-state index is 0.00393. The zero-order chi connectivity index (χ0) is 20.9. The summed E-state index contributed by atoms with van der Waals surface area (Å²) in [6, 6.07) is 13.0. The maximum absolute atomic E-state index is 14.5. The average molecular weight is 435 g/mol. The maximum Gasteiger partial charge on any atom is 0.137 e. The molecule has 1 aromatic heterocycles. The Balaban J connectivity index is 1.77. The third-order valence-electron chi connectivity index (χ3n) is 4.34. The van der Waals surface area contributed by atoms with Crippen molar-refractivity contribution in [3.05, 3.63) is 83.9 Å². The summed E-state index contributed by atoms with van der Waals surface area (Å²) in [4.78, 5) is 5.54. The van der Waals surface area contributed by atoms with Gasteiger partial charge in [-0.1, -0.05) is 60.4 Å². The van der Waals surface area contributed by atoms with Gasteiger partial charge < -0.3 is 10.0 Å². The lowest BCUT2D eigenvalue weighted by molar-refractivity contribution is -0.00240. The van der Waals surface area contributed by atoms with E-state index in [-0.39, 0.29) is 18.7 Å². The van der Waals surface area contributed by atoms with Gasteiger partial charge in [0.1, 0.15) is 34.2 Å². The van der Waals surface area contributed by atoms with Crippen molar-refractivity contribution in [2.75, 3.05) is 13.6 Å². The first-order valence-electron chi connectivity index (χ1n) is 8.79. The summed E-state index contributed by atoms with van der Waals surface area (Å²) in [6.45, 7) is -0.0676. The van der Waals surface area contributed by atoms with E-state index in [0.717, 1.165) is 17.7 Å². The van der Waals surface area contributed by atoms with Gasteiger partial charge in [-0.25, -0.2) is 18.4 Å². The fraction of sp³-hybridized carbons (Fsp3) is 0.250. The van der Waals surface area contributed by atoms with Crippen molar-refractivity contribution in [3.8, 4) is 0 Å². The van der Waals surface area contributed by atoms with E-state index in [4.69, 9.17) is 12.2 Å². The van der Waals surface area contributed by atoms with Crippen LogP contribution < -0.4 is 0 Å². The minimum Gasteiger partial charge on any atom is -0.381 e. The number of rotatable bonds is 7. The predicted molar refractivity (Wildman–Crippen MR) is 113 cm³/mol. The molecule has 1 heterocycles. The van der Waals surface area contributed by atoms with Crippen molar-refractivity contribution in [2.45, 2.75) is 17.9 Å². The Labute approximate surface area is 177 Å². The largest absolute Gasteiger partial charge is 0.381 e. The van der Waals surface area contributed by atoms with Gasteiger partial charge in [0.05, 0.1) is 13.1 Å². The van der Waals surface area contributed by atoms with Crippen LogP contribution in [0.1, 0.15) is 11.1 Å². The molecule has 1 N–H and O–H groups in total. The number of benzene rings is 2. The number of thiocarbonyl (C=S) groups is 1. The number of hydrogen-bond acceptors (Lipinski definition) is 5. The molecule has 0 spiro atoms. The molecule has 0 saturated carbocycles. The second-order valence-corrected chi connectivity index (χ2v) is 8.25. The Hall–Kier alpha value is -2.36. The topological polar surface area (TPSA) is 54.2 Å². The molecule has 0 amide bonds. The fourth-order valence-corrected chi connectivity index (χ4v) is 3.96. The summed E-state index contributed by atoms with van der Waals surface area (Å²) < 4.78 is 29.8. The third kappa shape index (κ3) is 5.59. The molecule has 0 saturated heterocycles. The highest BCUT2D eigenvalue weighted by molar-refractivity contribution is 8.22. The standard InChI is InChI=1S/C20H20F2N4OS2/c1-25(19(28)29-10-15-5-3-2-4-6-15)11-20(27,12-26-14-23-13-24-26)17-8-7-16(21)9-18(17)22/h2-9,13-14,27H,10-12H2,1H3. The van der Waals surface area contributed by atoms with Crippen LogP contribution in [0.2, 0.25) is 0 Å². The summed E-state index contributed by atoms with van der Waals surface area (Å²) in [5.41, 5.74) is -0.606. The molecule has 0 fully saturated rings. The van der Waals surface area contributed by atoms with E-state index in [1.807, 2.05) is 30.3 Å². The van der Waals surface area contributed by atoms with Crippen molar-refractivity contribution in [1.29, 1.82) is 0 Å². The van der Waals surface area contributed by atoms with Crippen LogP contribution in [0.5, 0.6) is 0 Å². The van der Waals surface area contributed by atoms with Crippen molar-refractivity contribution in [1.82, 2.24) is 19.7 Å². The first kappa shape index (κ1) is 21.4. The van der Waals surface area contributed by atoms with Crippen LogP contribution in [0.25, 0.3) is 0 Å². The van der Waals surface area contributed by atoms with Crippen LogP contribution in [0.3, 0.4) is 0 Å². The van der Waals surface area contributed by atoms with Crippen LogP contribution in [-0.2, 0) is 17.9 Å². The lowest BCUT2D eigenvalue weighted by Gasteiger charge is -2.34. The van der Waals surface area contributed by atoms with Gasteiger partial charge >= 0.3 is 0 Å². The van der Waals surface area contributed by atoms with E-state index in [9.17, 15) is 13.9 Å². The maximum atomic E-state index is 14.5. The van der Waals surface area contributed by atoms with Gasteiger partial charge in [-0.3, -0.25) is 0 Å². The van der Waals surface area contributed by atoms with E-state index >= 15 is 0 Å². The molecule has 29 heavy (non-hydrogen) atoms. The highest BCUT2D eigenvalue weighted by atomic mass is 32.2. The lowest BCUT2D eigenvalue weighted by atomic mass is 9.92. The Morgan fingerprint density at radius 1 is 1.24 bits per heavy atom. The second kappa shape index (κ2) is 9.43. The number of aromatic nitrogens is 3. The highest BCUT2D eigenvalue weighted by Crippen LogP contribution is 2.29. The molecule has 0 aliphatic carbocycles. The molecule has 0 aliphatic rings. The molecule has 0 bridgehead atoms. The molecular weight excluding hydrogens is 414 g/mol. The van der Waals surface area contributed by atoms with E-state index in [1.165, 1.54) is 35.2 Å². The fourth-order valence-electron chi connectivity index (χ4n) is 2.96. The minimum atomic E-state index is -1.70. The zero-order valence-electron chi connectivity index (χ0n) is 15.7. The van der Waals surface area contributed by atoms with Gasteiger partial charge in [0.15, 0.2) is 0 Å². The number of aliphatic hydroxyl groups is 1. The smallest absolute Gasteiger partial charge is 0.137 e. The van der Waals surface area contributed by atoms with Crippen molar-refractivity contribution in [2.24, 2.45) is 0 Å². The molecule has 1 unspecified atom stereocenters. The summed E-state index contributed by atoms with van der Waals surface area (Å²) in [5.74, 6) is -0.864. The SMILES string of the molecule is CN(CC(O)(Cn1cncn1)c1ccc(F)cc1F)C(=S)SCc1ccccc1. The van der Waals surface area contributed by atoms with Gasteiger partial charge in [-0.05, 0) is 11.6 Å². The molecular formula is C20H20F2N4OS2. The van der Waals surface area contributed by atoms with E-state index in [0.29, 0.717) is 10.1 Å². The summed E-state index contributed by atoms with van der Waals surface area (Å²) in [6.07, 6.45) is 2.75. The monoisotopic (exact) mass is 434 g/mol. The quantitative estimate of drug-likeness (QED) is 0.574. The number of thioether (sulfide) groups is 1. The van der Waals surface area contributed by atoms with Gasteiger partial charge in [0, 0.05) is 24.4 Å². The zero-order valence-corrected chi connectivity index (χ0v) is 17.3. The van der Waals surface area contributed by atoms with E-state index in [1.54, 1.807) is 11.9 Å². The van der Waals surface area contributed by atoms with Crippen LogP contribution >= 0.6 is 24.0 Å². The number of nitrogens with zero attached hydrogens (tertiary/aromatic N) is 4. The van der Waals surface area contributed by atoms with Crippen molar-refractivity contribution < 1.29 is 13.9 Å². The molecule has 9 heteroatoms. The highest BCUT2D eigenvalue weighted by Gasteiger charge is 2.35. The average Bonchev–Trinajstić information content (AvgIpc) is 3.19. The number of likely N-dealkylation sites (N-methyl/N-ethyl adjacent to an activating group) is 1. The molecule has 0 aliphatic heterocycles. The first-order chi connectivity index (χ1) is 13.9. The van der Waals surface area contributed by atoms with Crippen molar-refractivity contribution >= 4 is 28.3 Å². The third-order valence-corrected chi connectivity index (χ3v) is 6.04. The van der Waals surface area contributed by atoms with Gasteiger partial charge in [-0.15, -0.1) is 0 Å². The Bertz CT molecular complexity index is 956. The van der Waals surface area contributed by atoms with Crippen molar-refractivity contribution in [3.63, 3.8) is 0 Å². The molecule has 3 rings (SSSR count). The van der Waals surface area contributed by atoms with Crippen LogP contribution in [0.15, 0.2) is 61.2 Å². The Kier molecular flexibility index (Phi) is 6.94.